The lowest BCUT2D eigenvalue weighted by Crippen LogP contribution is -2.53. The van der Waals surface area contributed by atoms with E-state index < -0.39 is 5.41 Å². The van der Waals surface area contributed by atoms with Gasteiger partial charge in [-0.15, -0.1) is 0 Å². The number of nitrogens with one attached hydrogen (secondary N) is 1. The highest BCUT2D eigenvalue weighted by atomic mass is 35.5. The number of ether oxygens (including phenoxy) is 1. The van der Waals surface area contributed by atoms with E-state index >= 15 is 0 Å². The molecule has 1 aromatic carbocycles. The fourth-order valence-corrected chi connectivity index (χ4v) is 4.00. The molecule has 0 aromatic heterocycles. The highest BCUT2D eigenvalue weighted by Gasteiger charge is 2.44. The third kappa shape index (κ3) is 3.39. The van der Waals surface area contributed by atoms with Gasteiger partial charge in [0.05, 0.1) is 5.41 Å². The second-order valence-electron chi connectivity index (χ2n) is 6.56. The Morgan fingerprint density at radius 3 is 2.61 bits per heavy atom. The van der Waals surface area contributed by atoms with Gasteiger partial charge in [-0.1, -0.05) is 23.7 Å². The maximum Gasteiger partial charge on any atom is 0.233 e. The Kier molecular flexibility index (Phi) is 5.24. The fourth-order valence-electron chi connectivity index (χ4n) is 3.81. The van der Waals surface area contributed by atoms with Crippen LogP contribution in [-0.2, 0) is 14.9 Å². The maximum atomic E-state index is 13.4. The van der Waals surface area contributed by atoms with Gasteiger partial charge in [0.2, 0.25) is 5.91 Å². The van der Waals surface area contributed by atoms with Crippen molar-refractivity contribution in [2.24, 2.45) is 0 Å². The molecule has 2 saturated heterocycles. The van der Waals surface area contributed by atoms with Gasteiger partial charge in [0.15, 0.2) is 0 Å². The zero-order valence-electron chi connectivity index (χ0n) is 13.7. The van der Waals surface area contributed by atoms with E-state index in [1.54, 1.807) is 0 Å². The molecule has 1 N–H and O–H groups in total. The van der Waals surface area contributed by atoms with E-state index in [4.69, 9.17) is 16.3 Å². The van der Waals surface area contributed by atoms with Gasteiger partial charge in [0, 0.05) is 37.4 Å². The molecule has 0 aliphatic carbocycles. The molecule has 1 amide bonds. The summed E-state index contributed by atoms with van der Waals surface area (Å²) in [6.07, 6.45) is 3.50. The van der Waals surface area contributed by atoms with E-state index in [1.807, 2.05) is 36.2 Å². The Hall–Kier alpha value is -1.10. The van der Waals surface area contributed by atoms with Crippen LogP contribution in [0.25, 0.3) is 0 Å². The fraction of sp³-hybridized carbons (Fsp3) is 0.611. The third-order valence-electron chi connectivity index (χ3n) is 5.32. The van der Waals surface area contributed by atoms with E-state index in [0.717, 1.165) is 44.3 Å². The van der Waals surface area contributed by atoms with Crippen molar-refractivity contribution in [1.29, 1.82) is 0 Å². The minimum absolute atomic E-state index is 0.248. The Bertz CT molecular complexity index is 550. The molecule has 23 heavy (non-hydrogen) atoms. The van der Waals surface area contributed by atoms with E-state index in [2.05, 4.69) is 5.32 Å². The van der Waals surface area contributed by atoms with Crippen LogP contribution in [0.3, 0.4) is 0 Å². The molecule has 0 radical (unpaired) electrons. The third-order valence-corrected chi connectivity index (χ3v) is 5.56. The summed E-state index contributed by atoms with van der Waals surface area (Å²) < 4.78 is 5.53. The summed E-state index contributed by atoms with van der Waals surface area (Å²) >= 11 is 6.19. The van der Waals surface area contributed by atoms with E-state index in [9.17, 15) is 4.79 Å². The zero-order chi connectivity index (χ0) is 16.3. The first-order valence-corrected chi connectivity index (χ1v) is 8.84. The molecule has 2 fully saturated rings. The number of hydrogen-bond donors (Lipinski definition) is 1. The Morgan fingerprint density at radius 2 is 2.00 bits per heavy atom. The first-order chi connectivity index (χ1) is 11.2. The van der Waals surface area contributed by atoms with Gasteiger partial charge >= 0.3 is 0 Å². The van der Waals surface area contributed by atoms with Crippen LogP contribution in [0.2, 0.25) is 5.02 Å². The average Bonchev–Trinajstić information content (AvgIpc) is 2.62. The van der Waals surface area contributed by atoms with Gasteiger partial charge in [0.25, 0.3) is 0 Å². The van der Waals surface area contributed by atoms with Crippen molar-refractivity contribution in [3.63, 3.8) is 0 Å². The van der Waals surface area contributed by atoms with Crippen LogP contribution in [0.15, 0.2) is 24.3 Å². The van der Waals surface area contributed by atoms with Crippen LogP contribution in [0.5, 0.6) is 0 Å². The molecule has 0 bridgehead atoms. The first-order valence-electron chi connectivity index (χ1n) is 8.46. The molecular formula is C18H25ClN2O2. The minimum Gasteiger partial charge on any atom is -0.381 e. The lowest BCUT2D eigenvalue weighted by molar-refractivity contribution is -0.142. The smallest absolute Gasteiger partial charge is 0.233 e. The number of amides is 1. The van der Waals surface area contributed by atoms with E-state index in [-0.39, 0.29) is 5.91 Å². The number of likely N-dealkylation sites (tertiary alicyclic amines) is 1. The molecule has 0 spiro atoms. The van der Waals surface area contributed by atoms with Crippen molar-refractivity contribution >= 4 is 17.5 Å². The maximum absolute atomic E-state index is 13.4. The van der Waals surface area contributed by atoms with Crippen molar-refractivity contribution in [3.8, 4) is 0 Å². The van der Waals surface area contributed by atoms with Gasteiger partial charge in [-0.2, -0.15) is 0 Å². The molecule has 0 saturated carbocycles. The zero-order valence-corrected chi connectivity index (χ0v) is 14.4. The van der Waals surface area contributed by atoms with E-state index in [1.165, 1.54) is 0 Å². The molecule has 1 aromatic rings. The summed E-state index contributed by atoms with van der Waals surface area (Å²) in [7, 11) is 1.99. The van der Waals surface area contributed by atoms with Gasteiger partial charge in [0.1, 0.15) is 0 Å². The van der Waals surface area contributed by atoms with Crippen LogP contribution in [0.4, 0.5) is 0 Å². The number of nitrogens with zero attached hydrogens (tertiary/aromatic N) is 1. The number of rotatable bonds is 3. The van der Waals surface area contributed by atoms with Crippen LogP contribution in [-0.4, -0.2) is 50.2 Å². The number of carbonyl (C=O) groups is 1. The molecule has 3 rings (SSSR count). The highest BCUT2D eigenvalue weighted by molar-refractivity contribution is 6.30. The second-order valence-corrected chi connectivity index (χ2v) is 7.00. The topological polar surface area (TPSA) is 41.6 Å². The number of halogens is 1. The molecule has 0 atom stereocenters. The first kappa shape index (κ1) is 16.7. The number of benzene rings is 1. The molecular weight excluding hydrogens is 312 g/mol. The van der Waals surface area contributed by atoms with Crippen molar-refractivity contribution in [1.82, 2.24) is 10.2 Å². The van der Waals surface area contributed by atoms with Crippen LogP contribution in [0.1, 0.15) is 31.2 Å². The van der Waals surface area contributed by atoms with Gasteiger partial charge in [-0.3, -0.25) is 4.79 Å². The predicted molar refractivity (Wildman–Crippen MR) is 91.8 cm³/mol. The number of piperidine rings is 1. The number of hydrogen-bond acceptors (Lipinski definition) is 3. The second kappa shape index (κ2) is 7.20. The SMILES string of the molecule is CNC1CCN(C(=O)C2(c3cccc(Cl)c3)CCOCC2)CC1. The minimum atomic E-state index is -0.477. The summed E-state index contributed by atoms with van der Waals surface area (Å²) in [5.74, 6) is 0.248. The standard InChI is InChI=1S/C18H25ClN2O2/c1-20-16-5-9-21(10-6-16)17(22)18(7-11-23-12-8-18)14-3-2-4-15(19)13-14/h2-4,13,16,20H,5-12H2,1H3. The quantitative estimate of drug-likeness (QED) is 0.922. The van der Waals surface area contributed by atoms with Crippen LogP contribution in [0, 0.1) is 0 Å². The normalized spacial score (nSPS) is 22.1. The summed E-state index contributed by atoms with van der Waals surface area (Å²) in [6, 6.07) is 8.31. The van der Waals surface area contributed by atoms with Gasteiger partial charge < -0.3 is 15.0 Å². The molecule has 5 heteroatoms. The molecule has 0 unspecified atom stereocenters. The monoisotopic (exact) mass is 336 g/mol. The molecule has 2 aliphatic heterocycles. The Balaban J connectivity index is 1.85. The lowest BCUT2D eigenvalue weighted by Gasteiger charge is -2.42. The van der Waals surface area contributed by atoms with Crippen molar-refractivity contribution in [2.45, 2.75) is 37.1 Å². The van der Waals surface area contributed by atoms with Crippen LogP contribution >= 0.6 is 11.6 Å². The lowest BCUT2D eigenvalue weighted by atomic mass is 9.72. The van der Waals surface area contributed by atoms with Crippen molar-refractivity contribution < 1.29 is 9.53 Å². The molecule has 2 aliphatic rings. The Morgan fingerprint density at radius 1 is 1.30 bits per heavy atom. The average molecular weight is 337 g/mol. The highest BCUT2D eigenvalue weighted by Crippen LogP contribution is 2.38. The summed E-state index contributed by atoms with van der Waals surface area (Å²) in [5, 5.41) is 4.01. The number of carbonyl (C=O) groups excluding carboxylic acids is 1. The van der Waals surface area contributed by atoms with E-state index in [0.29, 0.717) is 24.3 Å². The van der Waals surface area contributed by atoms with Crippen molar-refractivity contribution in [3.05, 3.63) is 34.9 Å². The van der Waals surface area contributed by atoms with Crippen LogP contribution < -0.4 is 5.32 Å². The van der Waals surface area contributed by atoms with Gasteiger partial charge in [-0.25, -0.2) is 0 Å². The van der Waals surface area contributed by atoms with Gasteiger partial charge in [-0.05, 0) is 50.4 Å². The largest absolute Gasteiger partial charge is 0.381 e. The van der Waals surface area contributed by atoms with Crippen molar-refractivity contribution in [2.75, 3.05) is 33.4 Å². The molecule has 126 valence electrons. The summed E-state index contributed by atoms with van der Waals surface area (Å²) in [5.41, 5.74) is 0.560. The summed E-state index contributed by atoms with van der Waals surface area (Å²) in [4.78, 5) is 15.4. The summed E-state index contributed by atoms with van der Waals surface area (Å²) in [6.45, 7) is 2.91. The predicted octanol–water partition coefficient (Wildman–Crippen LogP) is 2.60. The Labute approximate surface area is 143 Å². The molecule has 2 heterocycles. The molecule has 4 nitrogen and oxygen atoms in total.